The molecule has 0 amide bonds. The molecule has 0 fully saturated rings. The number of fused-ring (bicyclic) bond motifs is 1. The summed E-state index contributed by atoms with van der Waals surface area (Å²) in [6.45, 7) is 2.54. The molecule has 2 N–H and O–H groups in total. The number of halogens is 1. The van der Waals surface area contributed by atoms with Gasteiger partial charge in [0.1, 0.15) is 11.6 Å². The van der Waals surface area contributed by atoms with Crippen molar-refractivity contribution in [2.75, 3.05) is 6.61 Å². The maximum Gasteiger partial charge on any atom is 0.130 e. The number of ether oxygens (including phenoxy) is 1. The lowest BCUT2D eigenvalue weighted by molar-refractivity contribution is 0.279. The van der Waals surface area contributed by atoms with E-state index in [-0.39, 0.29) is 11.9 Å². The van der Waals surface area contributed by atoms with Crippen LogP contribution in [0.3, 0.4) is 0 Å². The number of hydrogen-bond acceptors (Lipinski definition) is 2. The fraction of sp³-hybridized carbons (Fsp3) is 0.455. The van der Waals surface area contributed by atoms with E-state index in [4.69, 9.17) is 10.5 Å². The molecule has 1 aromatic carbocycles. The van der Waals surface area contributed by atoms with Gasteiger partial charge in [-0.2, -0.15) is 0 Å². The van der Waals surface area contributed by atoms with Crippen molar-refractivity contribution in [3.8, 4) is 5.75 Å². The van der Waals surface area contributed by atoms with Crippen LogP contribution in [0.25, 0.3) is 0 Å². The van der Waals surface area contributed by atoms with Gasteiger partial charge in [0.25, 0.3) is 0 Å². The van der Waals surface area contributed by atoms with E-state index in [2.05, 4.69) is 0 Å². The summed E-state index contributed by atoms with van der Waals surface area (Å²) in [5.41, 5.74) is 7.38. The Kier molecular flexibility index (Phi) is 2.42. The molecule has 1 heterocycles. The summed E-state index contributed by atoms with van der Waals surface area (Å²) in [5, 5.41) is 0. The second-order valence-electron chi connectivity index (χ2n) is 3.68. The van der Waals surface area contributed by atoms with Gasteiger partial charge in [0.05, 0.1) is 6.61 Å². The fourth-order valence-corrected chi connectivity index (χ4v) is 1.81. The van der Waals surface area contributed by atoms with Crippen LogP contribution in [0, 0.1) is 5.82 Å². The largest absolute Gasteiger partial charge is 0.493 e. The smallest absolute Gasteiger partial charge is 0.130 e. The van der Waals surface area contributed by atoms with Crippen LogP contribution in [0.15, 0.2) is 12.1 Å². The molecule has 2 rings (SSSR count). The van der Waals surface area contributed by atoms with Gasteiger partial charge >= 0.3 is 0 Å². The predicted molar refractivity (Wildman–Crippen MR) is 52.8 cm³/mol. The maximum absolute atomic E-state index is 13.4. The van der Waals surface area contributed by atoms with Crippen molar-refractivity contribution < 1.29 is 9.13 Å². The zero-order valence-electron chi connectivity index (χ0n) is 8.22. The molecule has 0 saturated carbocycles. The molecule has 0 radical (unpaired) electrons. The zero-order valence-corrected chi connectivity index (χ0v) is 8.22. The van der Waals surface area contributed by atoms with Gasteiger partial charge in [-0.15, -0.1) is 0 Å². The molecule has 1 aliphatic rings. The highest BCUT2D eigenvalue weighted by Gasteiger charge is 2.19. The first-order valence-corrected chi connectivity index (χ1v) is 4.90. The van der Waals surface area contributed by atoms with Crippen LogP contribution in [0.1, 0.15) is 30.5 Å². The van der Waals surface area contributed by atoms with Gasteiger partial charge in [-0.1, -0.05) is 6.07 Å². The summed E-state index contributed by atoms with van der Waals surface area (Å²) in [6, 6.07) is 3.08. The second kappa shape index (κ2) is 3.58. The number of nitrogens with two attached hydrogens (primary N) is 1. The van der Waals surface area contributed by atoms with Crippen LogP contribution in [0.5, 0.6) is 5.75 Å². The van der Waals surface area contributed by atoms with Gasteiger partial charge in [-0.05, 0) is 25.8 Å². The van der Waals surface area contributed by atoms with Crippen LogP contribution in [0.4, 0.5) is 4.39 Å². The minimum absolute atomic E-state index is 0.109. The van der Waals surface area contributed by atoms with Gasteiger partial charge in [0.15, 0.2) is 0 Å². The number of benzene rings is 1. The third kappa shape index (κ3) is 1.48. The molecule has 2 nitrogen and oxygen atoms in total. The summed E-state index contributed by atoms with van der Waals surface area (Å²) in [5.74, 6) is 0.496. The Hall–Kier alpha value is -1.09. The lowest BCUT2D eigenvalue weighted by Gasteiger charge is -2.22. The highest BCUT2D eigenvalue weighted by Crippen LogP contribution is 2.33. The van der Waals surface area contributed by atoms with Crippen LogP contribution in [-0.4, -0.2) is 6.61 Å². The topological polar surface area (TPSA) is 35.2 Å². The molecule has 0 spiro atoms. The summed E-state index contributed by atoms with van der Waals surface area (Å²) < 4.78 is 18.9. The Morgan fingerprint density at radius 1 is 1.50 bits per heavy atom. The zero-order chi connectivity index (χ0) is 10.1. The van der Waals surface area contributed by atoms with Gasteiger partial charge in [-0.25, -0.2) is 4.39 Å². The Morgan fingerprint density at radius 3 is 3.00 bits per heavy atom. The van der Waals surface area contributed by atoms with Gasteiger partial charge in [0, 0.05) is 17.2 Å². The molecular formula is C11H14FNO. The third-order valence-corrected chi connectivity index (χ3v) is 2.54. The quantitative estimate of drug-likeness (QED) is 0.745. The van der Waals surface area contributed by atoms with Crippen LogP contribution >= 0.6 is 0 Å². The molecule has 76 valence electrons. The Labute approximate surface area is 82.9 Å². The van der Waals surface area contributed by atoms with Crippen molar-refractivity contribution in [3.63, 3.8) is 0 Å². The van der Waals surface area contributed by atoms with E-state index in [1.165, 1.54) is 6.07 Å². The number of hydrogen-bond donors (Lipinski definition) is 1. The first kappa shape index (κ1) is 9.46. The number of rotatable bonds is 1. The van der Waals surface area contributed by atoms with Crippen LogP contribution in [-0.2, 0) is 6.42 Å². The van der Waals surface area contributed by atoms with Crippen molar-refractivity contribution in [2.45, 2.75) is 25.8 Å². The average Bonchev–Trinajstić information content (AvgIpc) is 2.18. The summed E-state index contributed by atoms with van der Waals surface area (Å²) in [7, 11) is 0. The highest BCUT2D eigenvalue weighted by molar-refractivity contribution is 5.45. The van der Waals surface area contributed by atoms with E-state index in [0.717, 1.165) is 18.4 Å². The fourth-order valence-electron chi connectivity index (χ4n) is 1.81. The van der Waals surface area contributed by atoms with E-state index >= 15 is 0 Å². The minimum Gasteiger partial charge on any atom is -0.493 e. The van der Waals surface area contributed by atoms with Gasteiger partial charge < -0.3 is 10.5 Å². The van der Waals surface area contributed by atoms with Crippen molar-refractivity contribution in [1.82, 2.24) is 0 Å². The van der Waals surface area contributed by atoms with Gasteiger partial charge in [-0.3, -0.25) is 0 Å². The SMILES string of the molecule is CC(N)c1ccc(F)c2c1OCCC2. The van der Waals surface area contributed by atoms with Crippen molar-refractivity contribution in [1.29, 1.82) is 0 Å². The van der Waals surface area contributed by atoms with E-state index in [0.29, 0.717) is 17.9 Å². The molecule has 14 heavy (non-hydrogen) atoms. The molecule has 0 aromatic heterocycles. The second-order valence-corrected chi connectivity index (χ2v) is 3.68. The van der Waals surface area contributed by atoms with E-state index < -0.39 is 0 Å². The molecule has 1 aliphatic heterocycles. The lowest BCUT2D eigenvalue weighted by Crippen LogP contribution is -2.15. The monoisotopic (exact) mass is 195 g/mol. The average molecular weight is 195 g/mol. The molecule has 0 bridgehead atoms. The van der Waals surface area contributed by atoms with E-state index in [1.54, 1.807) is 6.07 Å². The lowest BCUT2D eigenvalue weighted by atomic mass is 9.98. The maximum atomic E-state index is 13.4. The van der Waals surface area contributed by atoms with E-state index in [9.17, 15) is 4.39 Å². The highest BCUT2D eigenvalue weighted by atomic mass is 19.1. The van der Waals surface area contributed by atoms with Crippen molar-refractivity contribution in [2.24, 2.45) is 5.73 Å². The predicted octanol–water partition coefficient (Wildman–Crippen LogP) is 2.17. The first-order chi connectivity index (χ1) is 6.70. The van der Waals surface area contributed by atoms with Gasteiger partial charge in [0.2, 0.25) is 0 Å². The molecule has 0 saturated heterocycles. The summed E-state index contributed by atoms with van der Waals surface area (Å²) >= 11 is 0. The molecular weight excluding hydrogens is 181 g/mol. The normalized spacial score (nSPS) is 17.1. The van der Waals surface area contributed by atoms with Crippen LogP contribution in [0.2, 0.25) is 0 Å². The summed E-state index contributed by atoms with van der Waals surface area (Å²) in [6.07, 6.45) is 1.63. The molecule has 1 aromatic rings. The first-order valence-electron chi connectivity index (χ1n) is 4.90. The molecule has 1 unspecified atom stereocenters. The van der Waals surface area contributed by atoms with Crippen LogP contribution < -0.4 is 10.5 Å². The van der Waals surface area contributed by atoms with Crippen molar-refractivity contribution in [3.05, 3.63) is 29.1 Å². The standard InChI is InChI=1S/C11H14FNO/c1-7(13)8-4-5-10(12)9-3-2-6-14-11(8)9/h4-5,7H,2-3,6,13H2,1H3. The minimum atomic E-state index is -0.177. The molecule has 0 aliphatic carbocycles. The Balaban J connectivity index is 2.53. The van der Waals surface area contributed by atoms with E-state index in [1.807, 2.05) is 6.92 Å². The molecule has 3 heteroatoms. The molecule has 1 atom stereocenters. The van der Waals surface area contributed by atoms with Crippen molar-refractivity contribution >= 4 is 0 Å². The Bertz CT molecular complexity index is 349. The Morgan fingerprint density at radius 2 is 2.29 bits per heavy atom. The summed E-state index contributed by atoms with van der Waals surface area (Å²) in [4.78, 5) is 0. The third-order valence-electron chi connectivity index (χ3n) is 2.54.